The van der Waals surface area contributed by atoms with Gasteiger partial charge in [-0.2, -0.15) is 0 Å². The van der Waals surface area contributed by atoms with Gasteiger partial charge in [0.1, 0.15) is 5.82 Å². The van der Waals surface area contributed by atoms with Crippen molar-refractivity contribution in [1.82, 2.24) is 5.32 Å². The lowest BCUT2D eigenvalue weighted by molar-refractivity contribution is -0.122. The lowest BCUT2D eigenvalue weighted by atomic mass is 10.0. The highest BCUT2D eigenvalue weighted by molar-refractivity contribution is 6.30. The van der Waals surface area contributed by atoms with E-state index in [1.165, 1.54) is 6.07 Å². The molecule has 18 heavy (non-hydrogen) atoms. The molecule has 0 aliphatic heterocycles. The predicted octanol–water partition coefficient (Wildman–Crippen LogP) is 2.47. The number of carbonyl (C=O) groups excluding carboxylic acids is 1. The zero-order valence-electron chi connectivity index (χ0n) is 10.5. The number of amides is 1. The van der Waals surface area contributed by atoms with Crippen LogP contribution in [0, 0.1) is 11.7 Å². The van der Waals surface area contributed by atoms with Crippen LogP contribution in [0.2, 0.25) is 5.02 Å². The van der Waals surface area contributed by atoms with Crippen molar-refractivity contribution >= 4 is 17.5 Å². The van der Waals surface area contributed by atoms with Crippen molar-refractivity contribution in [1.29, 1.82) is 0 Å². The van der Waals surface area contributed by atoms with Crippen LogP contribution in [0.15, 0.2) is 18.2 Å². The molecule has 1 atom stereocenters. The summed E-state index contributed by atoms with van der Waals surface area (Å²) in [6.07, 6.45) is 0.601. The standard InChI is InChI=1S/C13H18ClFN2O/c1-8(2)6-11(16)13(18)17-7-9-4-3-5-10(14)12(9)15/h3-5,8,11H,6-7,16H2,1-2H3,(H,17,18). The smallest absolute Gasteiger partial charge is 0.237 e. The van der Waals surface area contributed by atoms with Crippen LogP contribution in [0.4, 0.5) is 4.39 Å². The third kappa shape index (κ3) is 4.27. The van der Waals surface area contributed by atoms with E-state index in [1.807, 2.05) is 13.8 Å². The summed E-state index contributed by atoms with van der Waals surface area (Å²) in [4.78, 5) is 11.7. The Morgan fingerprint density at radius 3 is 2.78 bits per heavy atom. The molecule has 0 radical (unpaired) electrons. The molecule has 0 aromatic heterocycles. The number of hydrogen-bond acceptors (Lipinski definition) is 2. The number of nitrogens with two attached hydrogens (primary N) is 1. The van der Waals surface area contributed by atoms with Crippen molar-refractivity contribution in [3.8, 4) is 0 Å². The van der Waals surface area contributed by atoms with Crippen molar-refractivity contribution in [2.45, 2.75) is 32.9 Å². The van der Waals surface area contributed by atoms with E-state index in [2.05, 4.69) is 5.32 Å². The highest BCUT2D eigenvalue weighted by Gasteiger charge is 2.15. The van der Waals surface area contributed by atoms with Gasteiger partial charge >= 0.3 is 0 Å². The molecule has 100 valence electrons. The van der Waals surface area contributed by atoms with Gasteiger partial charge in [0.05, 0.1) is 11.1 Å². The van der Waals surface area contributed by atoms with Gasteiger partial charge in [-0.15, -0.1) is 0 Å². The monoisotopic (exact) mass is 272 g/mol. The summed E-state index contributed by atoms with van der Waals surface area (Å²) >= 11 is 5.65. The summed E-state index contributed by atoms with van der Waals surface area (Å²) in [7, 11) is 0. The summed E-state index contributed by atoms with van der Waals surface area (Å²) in [5, 5.41) is 2.66. The lowest BCUT2D eigenvalue weighted by Gasteiger charge is -2.14. The number of hydrogen-bond donors (Lipinski definition) is 2. The number of nitrogens with one attached hydrogen (secondary N) is 1. The maximum atomic E-state index is 13.5. The zero-order chi connectivity index (χ0) is 13.7. The maximum Gasteiger partial charge on any atom is 0.237 e. The fourth-order valence-corrected chi connectivity index (χ4v) is 1.81. The molecule has 0 saturated carbocycles. The molecule has 5 heteroatoms. The Kier molecular flexibility index (Phi) is 5.56. The van der Waals surface area contributed by atoms with Crippen LogP contribution in [-0.2, 0) is 11.3 Å². The topological polar surface area (TPSA) is 55.1 Å². The molecule has 0 spiro atoms. The second-order valence-corrected chi connectivity index (χ2v) is 5.07. The van der Waals surface area contributed by atoms with Crippen molar-refractivity contribution in [3.05, 3.63) is 34.6 Å². The molecule has 3 nitrogen and oxygen atoms in total. The Hall–Kier alpha value is -1.13. The molecule has 0 heterocycles. The fraction of sp³-hybridized carbons (Fsp3) is 0.462. The minimum absolute atomic E-state index is 0.0493. The first kappa shape index (κ1) is 14.9. The largest absolute Gasteiger partial charge is 0.351 e. The summed E-state index contributed by atoms with van der Waals surface area (Å²) in [6.45, 7) is 4.07. The normalized spacial score (nSPS) is 12.6. The van der Waals surface area contributed by atoms with Gasteiger partial charge in [-0.1, -0.05) is 37.6 Å². The summed E-state index contributed by atoms with van der Waals surface area (Å²) < 4.78 is 13.5. The van der Waals surface area contributed by atoms with Gasteiger partial charge in [-0.05, 0) is 18.4 Å². The Morgan fingerprint density at radius 1 is 1.50 bits per heavy atom. The third-order valence-corrected chi connectivity index (χ3v) is 2.84. The van der Waals surface area contributed by atoms with Crippen LogP contribution >= 0.6 is 11.6 Å². The van der Waals surface area contributed by atoms with Crippen LogP contribution in [0.5, 0.6) is 0 Å². The first-order valence-corrected chi connectivity index (χ1v) is 6.25. The van der Waals surface area contributed by atoms with Crippen LogP contribution in [-0.4, -0.2) is 11.9 Å². The first-order chi connectivity index (χ1) is 8.41. The van der Waals surface area contributed by atoms with Crippen LogP contribution < -0.4 is 11.1 Å². The predicted molar refractivity (Wildman–Crippen MR) is 70.7 cm³/mol. The molecule has 1 aromatic rings. The summed E-state index contributed by atoms with van der Waals surface area (Å²) in [5.74, 6) is -0.436. The molecule has 1 amide bonds. The SMILES string of the molecule is CC(C)CC(N)C(=O)NCc1cccc(Cl)c1F. The molecule has 0 aliphatic carbocycles. The van der Waals surface area contributed by atoms with E-state index in [4.69, 9.17) is 17.3 Å². The molecule has 1 rings (SSSR count). The van der Waals surface area contributed by atoms with Gasteiger partial charge in [0.25, 0.3) is 0 Å². The molecule has 3 N–H and O–H groups in total. The maximum absolute atomic E-state index is 13.5. The van der Waals surface area contributed by atoms with Crippen LogP contribution in [0.25, 0.3) is 0 Å². The Balaban J connectivity index is 2.55. The number of carbonyl (C=O) groups is 1. The summed E-state index contributed by atoms with van der Waals surface area (Å²) in [5.41, 5.74) is 6.07. The number of halogens is 2. The Labute approximate surface area is 112 Å². The van der Waals surface area contributed by atoms with Gasteiger partial charge in [0.2, 0.25) is 5.91 Å². The Bertz CT molecular complexity index is 423. The molecule has 0 bridgehead atoms. The van der Waals surface area contributed by atoms with E-state index >= 15 is 0 Å². The van der Waals surface area contributed by atoms with Crippen LogP contribution in [0.1, 0.15) is 25.8 Å². The van der Waals surface area contributed by atoms with E-state index in [-0.39, 0.29) is 17.5 Å². The Morgan fingerprint density at radius 2 is 2.17 bits per heavy atom. The highest BCUT2D eigenvalue weighted by Crippen LogP contribution is 2.17. The van der Waals surface area contributed by atoms with Crippen molar-refractivity contribution in [3.63, 3.8) is 0 Å². The second-order valence-electron chi connectivity index (χ2n) is 4.67. The van der Waals surface area contributed by atoms with Crippen molar-refractivity contribution < 1.29 is 9.18 Å². The van der Waals surface area contributed by atoms with Crippen LogP contribution in [0.3, 0.4) is 0 Å². The van der Waals surface area contributed by atoms with Crippen molar-refractivity contribution in [2.75, 3.05) is 0 Å². The molecule has 0 saturated heterocycles. The van der Waals surface area contributed by atoms with E-state index in [0.717, 1.165) is 0 Å². The van der Waals surface area contributed by atoms with E-state index in [9.17, 15) is 9.18 Å². The van der Waals surface area contributed by atoms with Crippen molar-refractivity contribution in [2.24, 2.45) is 11.7 Å². The molecule has 0 aliphatic rings. The first-order valence-electron chi connectivity index (χ1n) is 5.88. The minimum Gasteiger partial charge on any atom is -0.351 e. The third-order valence-electron chi connectivity index (χ3n) is 2.55. The minimum atomic E-state index is -0.563. The molecule has 1 aromatic carbocycles. The second kappa shape index (κ2) is 6.71. The fourth-order valence-electron chi connectivity index (χ4n) is 1.61. The average molecular weight is 273 g/mol. The quantitative estimate of drug-likeness (QED) is 0.865. The highest BCUT2D eigenvalue weighted by atomic mass is 35.5. The van der Waals surface area contributed by atoms with Gasteiger partial charge in [-0.3, -0.25) is 4.79 Å². The number of rotatable bonds is 5. The van der Waals surface area contributed by atoms with Gasteiger partial charge in [0, 0.05) is 12.1 Å². The van der Waals surface area contributed by atoms with E-state index in [1.54, 1.807) is 12.1 Å². The molecular formula is C13H18ClFN2O. The van der Waals surface area contributed by atoms with E-state index in [0.29, 0.717) is 17.9 Å². The lowest BCUT2D eigenvalue weighted by Crippen LogP contribution is -2.41. The van der Waals surface area contributed by atoms with Gasteiger partial charge < -0.3 is 11.1 Å². The van der Waals surface area contributed by atoms with Gasteiger partial charge in [-0.25, -0.2) is 4.39 Å². The zero-order valence-corrected chi connectivity index (χ0v) is 11.3. The van der Waals surface area contributed by atoms with Gasteiger partial charge in [0.15, 0.2) is 0 Å². The molecule has 1 unspecified atom stereocenters. The number of benzene rings is 1. The summed E-state index contributed by atoms with van der Waals surface area (Å²) in [6, 6.07) is 4.12. The molecule has 0 fully saturated rings. The average Bonchev–Trinajstić information content (AvgIpc) is 2.29. The van der Waals surface area contributed by atoms with E-state index < -0.39 is 11.9 Å². The molecular weight excluding hydrogens is 255 g/mol.